The highest BCUT2D eigenvalue weighted by Crippen LogP contribution is 2.29. The maximum Gasteiger partial charge on any atom is 0.257 e. The number of hydrogen-bond donors (Lipinski definition) is 1. The van der Waals surface area contributed by atoms with E-state index in [2.05, 4.69) is 20.7 Å². The van der Waals surface area contributed by atoms with Gasteiger partial charge in [-0.3, -0.25) is 10.1 Å². The maximum absolute atomic E-state index is 12.5. The molecule has 8 heteroatoms. The molecule has 4 aromatic rings. The van der Waals surface area contributed by atoms with Crippen LogP contribution in [0.2, 0.25) is 0 Å². The summed E-state index contributed by atoms with van der Waals surface area (Å²) in [6.45, 7) is 2.01. The first-order chi connectivity index (χ1) is 13.6. The first-order valence-electron chi connectivity index (χ1n) is 8.50. The highest BCUT2D eigenvalue weighted by atomic mass is 32.2. The lowest BCUT2D eigenvalue weighted by Crippen LogP contribution is -2.11. The molecule has 4 rings (SSSR count). The number of amides is 1. The first kappa shape index (κ1) is 18.9. The lowest BCUT2D eigenvalue weighted by atomic mass is 10.2. The van der Waals surface area contributed by atoms with Crippen LogP contribution in [0.15, 0.2) is 52.7 Å². The largest absolute Gasteiger partial charge is 0.497 e. The fourth-order valence-corrected chi connectivity index (χ4v) is 4.99. The Hall–Kier alpha value is -2.42. The lowest BCUT2D eigenvalue weighted by molar-refractivity contribution is 0.102. The number of fused-ring (bicyclic) bond motifs is 1. The second-order valence-corrected chi connectivity index (χ2v) is 9.12. The van der Waals surface area contributed by atoms with Gasteiger partial charge in [0.2, 0.25) is 0 Å². The van der Waals surface area contributed by atoms with Crippen LogP contribution in [0.4, 0.5) is 5.13 Å². The van der Waals surface area contributed by atoms with Crippen molar-refractivity contribution < 1.29 is 9.53 Å². The maximum atomic E-state index is 12.5. The minimum atomic E-state index is -0.169. The molecule has 2 aromatic heterocycles. The van der Waals surface area contributed by atoms with Gasteiger partial charge in [0.25, 0.3) is 5.91 Å². The van der Waals surface area contributed by atoms with Crippen molar-refractivity contribution in [3.8, 4) is 5.75 Å². The Labute approximate surface area is 174 Å². The number of benzene rings is 2. The van der Waals surface area contributed by atoms with Crippen molar-refractivity contribution in [2.45, 2.75) is 17.6 Å². The number of hydrogen-bond acceptors (Lipinski definition) is 7. The number of thioether (sulfide) groups is 1. The minimum Gasteiger partial charge on any atom is -0.497 e. The monoisotopic (exact) mass is 427 g/mol. The summed E-state index contributed by atoms with van der Waals surface area (Å²) < 4.78 is 6.20. The van der Waals surface area contributed by atoms with E-state index in [0.717, 1.165) is 37.3 Å². The molecule has 0 saturated heterocycles. The van der Waals surface area contributed by atoms with Crippen LogP contribution < -0.4 is 10.1 Å². The number of methoxy groups -OCH3 is 1. The molecule has 0 bridgehead atoms. The molecule has 0 atom stereocenters. The zero-order chi connectivity index (χ0) is 19.5. The van der Waals surface area contributed by atoms with Gasteiger partial charge in [-0.1, -0.05) is 11.3 Å². The Morgan fingerprint density at radius 1 is 1.18 bits per heavy atom. The van der Waals surface area contributed by atoms with Crippen LogP contribution in [0.25, 0.3) is 10.2 Å². The summed E-state index contributed by atoms with van der Waals surface area (Å²) in [7, 11) is 1.63. The van der Waals surface area contributed by atoms with Gasteiger partial charge in [0.05, 0.1) is 28.0 Å². The highest BCUT2D eigenvalue weighted by molar-refractivity contribution is 7.98. The van der Waals surface area contributed by atoms with Gasteiger partial charge in [0.15, 0.2) is 5.13 Å². The van der Waals surface area contributed by atoms with Crippen molar-refractivity contribution in [2.75, 3.05) is 12.4 Å². The molecule has 5 nitrogen and oxygen atoms in total. The molecule has 0 unspecified atom stereocenters. The summed E-state index contributed by atoms with van der Waals surface area (Å²) in [5, 5.41) is 6.61. The third kappa shape index (κ3) is 4.35. The summed E-state index contributed by atoms with van der Waals surface area (Å²) in [5.74, 6) is 1.43. The molecule has 0 fully saturated rings. The quantitative estimate of drug-likeness (QED) is 0.405. The van der Waals surface area contributed by atoms with Crippen molar-refractivity contribution in [3.05, 3.63) is 64.1 Å². The van der Waals surface area contributed by atoms with E-state index in [4.69, 9.17) is 4.74 Å². The topological polar surface area (TPSA) is 64.1 Å². The van der Waals surface area contributed by atoms with E-state index in [0.29, 0.717) is 10.7 Å². The SMILES string of the molecule is COc1ccc2nc(NC(=O)c3ccc(SCc4csc(C)n4)cc3)sc2c1. The molecule has 1 amide bonds. The molecule has 0 radical (unpaired) electrons. The van der Waals surface area contributed by atoms with E-state index in [9.17, 15) is 4.79 Å². The molecule has 28 heavy (non-hydrogen) atoms. The fourth-order valence-electron chi connectivity index (χ4n) is 2.59. The van der Waals surface area contributed by atoms with Crippen LogP contribution >= 0.6 is 34.4 Å². The number of thiazole rings is 2. The van der Waals surface area contributed by atoms with E-state index in [-0.39, 0.29) is 5.91 Å². The molecule has 1 N–H and O–H groups in total. The van der Waals surface area contributed by atoms with Crippen molar-refractivity contribution in [1.29, 1.82) is 0 Å². The molecule has 0 aliphatic heterocycles. The van der Waals surface area contributed by atoms with E-state index < -0.39 is 0 Å². The molecule has 2 heterocycles. The zero-order valence-corrected chi connectivity index (χ0v) is 17.7. The molecule has 0 spiro atoms. The first-order valence-corrected chi connectivity index (χ1v) is 11.2. The number of aryl methyl sites for hydroxylation is 1. The van der Waals surface area contributed by atoms with Crippen LogP contribution in [0.1, 0.15) is 21.1 Å². The van der Waals surface area contributed by atoms with E-state index >= 15 is 0 Å². The van der Waals surface area contributed by atoms with Gasteiger partial charge < -0.3 is 4.74 Å². The summed E-state index contributed by atoms with van der Waals surface area (Å²) in [4.78, 5) is 22.6. The van der Waals surface area contributed by atoms with E-state index in [1.165, 1.54) is 11.3 Å². The Kier molecular flexibility index (Phi) is 5.61. The smallest absolute Gasteiger partial charge is 0.257 e. The van der Waals surface area contributed by atoms with Gasteiger partial charge in [-0.15, -0.1) is 23.1 Å². The fraction of sp³-hybridized carbons (Fsp3) is 0.150. The van der Waals surface area contributed by atoms with Crippen LogP contribution in [-0.4, -0.2) is 23.0 Å². The van der Waals surface area contributed by atoms with Crippen LogP contribution in [-0.2, 0) is 5.75 Å². The molecule has 2 aromatic carbocycles. The predicted octanol–water partition coefficient (Wildman–Crippen LogP) is 5.61. The molecule has 142 valence electrons. The van der Waals surface area contributed by atoms with Crippen molar-refractivity contribution in [3.63, 3.8) is 0 Å². The number of ether oxygens (including phenoxy) is 1. The standard InChI is InChI=1S/C20H17N3O2S3/c1-12-21-14(10-26-12)11-27-16-6-3-13(4-7-16)19(24)23-20-22-17-8-5-15(25-2)9-18(17)28-20/h3-10H,11H2,1-2H3,(H,22,23,24). The Morgan fingerprint density at radius 2 is 2.00 bits per heavy atom. The number of nitrogens with one attached hydrogen (secondary N) is 1. The van der Waals surface area contributed by atoms with E-state index in [1.54, 1.807) is 30.2 Å². The summed E-state index contributed by atoms with van der Waals surface area (Å²) in [6, 6.07) is 13.2. The van der Waals surface area contributed by atoms with Gasteiger partial charge in [-0.05, 0) is 49.4 Å². The van der Waals surface area contributed by atoms with Crippen molar-refractivity contribution in [2.24, 2.45) is 0 Å². The van der Waals surface area contributed by atoms with Crippen molar-refractivity contribution >= 4 is 55.7 Å². The average molecular weight is 428 g/mol. The number of aromatic nitrogens is 2. The lowest BCUT2D eigenvalue weighted by Gasteiger charge is -2.03. The van der Waals surface area contributed by atoms with E-state index in [1.807, 2.05) is 49.4 Å². The third-order valence-electron chi connectivity index (χ3n) is 3.99. The molecular formula is C20H17N3O2S3. The minimum absolute atomic E-state index is 0.169. The zero-order valence-electron chi connectivity index (χ0n) is 15.3. The van der Waals surface area contributed by atoms with Crippen molar-refractivity contribution in [1.82, 2.24) is 9.97 Å². The van der Waals surface area contributed by atoms with Crippen LogP contribution in [0.5, 0.6) is 5.75 Å². The molecule has 0 saturated carbocycles. The Balaban J connectivity index is 1.40. The van der Waals surface area contributed by atoms with Gasteiger partial charge >= 0.3 is 0 Å². The summed E-state index contributed by atoms with van der Waals surface area (Å²) >= 11 is 4.80. The van der Waals surface area contributed by atoms with Crippen LogP contribution in [0.3, 0.4) is 0 Å². The normalized spacial score (nSPS) is 10.9. The third-order valence-corrected chi connectivity index (χ3v) is 6.79. The number of nitrogens with zero attached hydrogens (tertiary/aromatic N) is 2. The van der Waals surface area contributed by atoms with Gasteiger partial charge in [0.1, 0.15) is 5.75 Å². The highest BCUT2D eigenvalue weighted by Gasteiger charge is 2.11. The Morgan fingerprint density at radius 3 is 2.71 bits per heavy atom. The van der Waals surface area contributed by atoms with Gasteiger partial charge in [0, 0.05) is 21.6 Å². The number of rotatable bonds is 6. The average Bonchev–Trinajstić information content (AvgIpc) is 3.31. The Bertz CT molecular complexity index is 1120. The number of carbonyl (C=O) groups is 1. The molecular weight excluding hydrogens is 410 g/mol. The second-order valence-electron chi connectivity index (χ2n) is 5.98. The number of anilines is 1. The number of carbonyl (C=O) groups excluding carboxylic acids is 1. The predicted molar refractivity (Wildman–Crippen MR) is 117 cm³/mol. The van der Waals surface area contributed by atoms with Gasteiger partial charge in [-0.25, -0.2) is 9.97 Å². The summed E-state index contributed by atoms with van der Waals surface area (Å²) in [5.41, 5.74) is 2.53. The summed E-state index contributed by atoms with van der Waals surface area (Å²) in [6.07, 6.45) is 0. The van der Waals surface area contributed by atoms with Gasteiger partial charge in [-0.2, -0.15) is 0 Å². The second kappa shape index (κ2) is 8.30. The molecule has 0 aliphatic carbocycles. The van der Waals surface area contributed by atoms with Crippen LogP contribution in [0, 0.1) is 6.92 Å². The molecule has 0 aliphatic rings.